The summed E-state index contributed by atoms with van der Waals surface area (Å²) in [5.41, 5.74) is 0.729. The van der Waals surface area contributed by atoms with Crippen molar-refractivity contribution in [3.8, 4) is 0 Å². The van der Waals surface area contributed by atoms with Gasteiger partial charge in [0.2, 0.25) is 0 Å². The second kappa shape index (κ2) is 9.54. The monoisotopic (exact) mass is 435 g/mol. The van der Waals surface area contributed by atoms with Crippen LogP contribution >= 0.6 is 0 Å². The van der Waals surface area contributed by atoms with Crippen molar-refractivity contribution < 1.29 is 29.3 Å². The lowest BCUT2D eigenvalue weighted by Gasteiger charge is -2.49. The maximum Gasteiger partial charge on any atom is 0.401 e. The minimum absolute atomic E-state index is 0.0329. The van der Waals surface area contributed by atoms with Gasteiger partial charge in [-0.3, -0.25) is 0 Å². The molecule has 6 nitrogen and oxygen atoms in total. The molecule has 0 saturated carbocycles. The molecule has 1 aliphatic heterocycles. The van der Waals surface area contributed by atoms with E-state index in [1.807, 2.05) is 91.0 Å². The molecule has 0 aromatic heterocycles. The number of aliphatic hydroxyl groups is 2. The molecule has 0 unspecified atom stereocenters. The van der Waals surface area contributed by atoms with Crippen LogP contribution in [-0.2, 0) is 19.6 Å². The van der Waals surface area contributed by atoms with E-state index in [1.54, 1.807) is 0 Å². The maximum absolute atomic E-state index is 11.0. The molecule has 0 amide bonds. The predicted molar refractivity (Wildman–Crippen MR) is 122 cm³/mol. The topological polar surface area (TPSA) is 88.4 Å². The first-order valence-corrected chi connectivity index (χ1v) is 10.7. The second-order valence-corrected chi connectivity index (χ2v) is 8.35. The van der Waals surface area contributed by atoms with Crippen molar-refractivity contribution in [1.82, 2.24) is 0 Å². The van der Waals surface area contributed by atoms with Crippen molar-refractivity contribution >= 4 is 6.75 Å². The van der Waals surface area contributed by atoms with E-state index in [0.717, 1.165) is 16.7 Å². The highest BCUT2D eigenvalue weighted by Crippen LogP contribution is 2.41. The molecule has 3 aromatic rings. The molecule has 168 valence electrons. The maximum atomic E-state index is 11.0. The summed E-state index contributed by atoms with van der Waals surface area (Å²) in [5.74, 6) is 0. The standard InChI is InChI=1S/C25H28BO6/c27-16-24(17-28)18-31-26(29,32-19-24)20-30-25(21-10-4-1-5-11-21,22-12-6-2-7-13-22)23-14-8-3-9-15-23/h1-15,27-29H,16-20H2/q-1. The van der Waals surface area contributed by atoms with E-state index in [1.165, 1.54) is 0 Å². The third-order valence-corrected chi connectivity index (χ3v) is 6.02. The summed E-state index contributed by atoms with van der Waals surface area (Å²) in [6.07, 6.45) is 0. The van der Waals surface area contributed by atoms with E-state index >= 15 is 0 Å². The van der Waals surface area contributed by atoms with Gasteiger partial charge in [-0.15, -0.1) is 0 Å². The molecule has 1 aliphatic rings. The molecule has 32 heavy (non-hydrogen) atoms. The van der Waals surface area contributed by atoms with Crippen molar-refractivity contribution in [3.05, 3.63) is 108 Å². The van der Waals surface area contributed by atoms with Crippen molar-refractivity contribution in [1.29, 1.82) is 0 Å². The van der Waals surface area contributed by atoms with Crippen LogP contribution in [0.1, 0.15) is 16.7 Å². The van der Waals surface area contributed by atoms with Crippen molar-refractivity contribution in [2.24, 2.45) is 5.41 Å². The zero-order chi connectivity index (χ0) is 22.5. The molecule has 0 radical (unpaired) electrons. The predicted octanol–water partition coefficient (Wildman–Crippen LogP) is 2.48. The molecular formula is C25H28BO6-. The Morgan fingerprint density at radius 1 is 0.719 bits per heavy atom. The van der Waals surface area contributed by atoms with Gasteiger partial charge >= 0.3 is 6.75 Å². The van der Waals surface area contributed by atoms with Crippen molar-refractivity contribution in [3.63, 3.8) is 0 Å². The number of aliphatic hydroxyl groups excluding tert-OH is 2. The van der Waals surface area contributed by atoms with E-state index in [4.69, 9.17) is 14.0 Å². The number of hydrogen-bond acceptors (Lipinski definition) is 6. The van der Waals surface area contributed by atoms with Gasteiger partial charge in [-0.1, -0.05) is 91.0 Å². The second-order valence-electron chi connectivity index (χ2n) is 8.35. The van der Waals surface area contributed by atoms with Crippen LogP contribution in [0.2, 0.25) is 0 Å². The Kier molecular flexibility index (Phi) is 6.76. The minimum Gasteiger partial charge on any atom is -0.558 e. The van der Waals surface area contributed by atoms with Gasteiger partial charge in [0.25, 0.3) is 0 Å². The lowest BCUT2D eigenvalue weighted by molar-refractivity contribution is -0.105. The Morgan fingerprint density at radius 3 is 1.44 bits per heavy atom. The van der Waals surface area contributed by atoms with Crippen LogP contribution in [0.15, 0.2) is 91.0 Å². The molecular weight excluding hydrogens is 407 g/mol. The summed E-state index contributed by atoms with van der Waals surface area (Å²) in [6.45, 7) is -3.69. The van der Waals surface area contributed by atoms with Gasteiger partial charge in [-0.25, -0.2) is 0 Å². The number of hydrogen-bond donors (Lipinski definition) is 3. The Labute approximate surface area is 188 Å². The molecule has 4 rings (SSSR count). The van der Waals surface area contributed by atoms with Gasteiger partial charge in [0, 0.05) is 19.7 Å². The van der Waals surface area contributed by atoms with Crippen LogP contribution in [0.5, 0.6) is 0 Å². The molecule has 0 bridgehead atoms. The highest BCUT2D eigenvalue weighted by atomic mass is 16.7. The van der Waals surface area contributed by atoms with E-state index in [-0.39, 0.29) is 32.9 Å². The van der Waals surface area contributed by atoms with Crippen LogP contribution in [0, 0.1) is 5.41 Å². The van der Waals surface area contributed by atoms with Crippen LogP contribution in [-0.4, -0.2) is 54.9 Å². The Balaban J connectivity index is 1.72. The van der Waals surface area contributed by atoms with Crippen LogP contribution < -0.4 is 0 Å². The molecule has 0 aliphatic carbocycles. The largest absolute Gasteiger partial charge is 0.558 e. The van der Waals surface area contributed by atoms with E-state index in [2.05, 4.69) is 0 Å². The molecule has 7 heteroatoms. The first-order valence-electron chi connectivity index (χ1n) is 10.7. The van der Waals surface area contributed by atoms with Gasteiger partial charge in [-0.2, -0.15) is 0 Å². The Bertz CT molecular complexity index is 872. The average Bonchev–Trinajstić information content (AvgIpc) is 2.87. The lowest BCUT2D eigenvalue weighted by atomic mass is 9.74. The SMILES string of the molecule is OCC1(CO)CO[B-](O)(COC(c2ccccc2)(c2ccccc2)c2ccccc2)OC1. The first-order chi connectivity index (χ1) is 15.6. The van der Waals surface area contributed by atoms with E-state index in [0.29, 0.717) is 0 Å². The first kappa shape index (κ1) is 22.7. The smallest absolute Gasteiger partial charge is 0.401 e. The minimum atomic E-state index is -2.78. The van der Waals surface area contributed by atoms with Crippen LogP contribution in [0.3, 0.4) is 0 Å². The fraction of sp³-hybridized carbons (Fsp3) is 0.280. The van der Waals surface area contributed by atoms with Gasteiger partial charge in [0.1, 0.15) is 5.60 Å². The van der Waals surface area contributed by atoms with E-state index < -0.39 is 17.8 Å². The third-order valence-electron chi connectivity index (χ3n) is 6.02. The van der Waals surface area contributed by atoms with Gasteiger partial charge in [-0.05, 0) is 16.7 Å². The fourth-order valence-electron chi connectivity index (χ4n) is 4.03. The number of rotatable bonds is 8. The van der Waals surface area contributed by atoms with Gasteiger partial charge in [0.05, 0.1) is 18.6 Å². The summed E-state index contributed by atoms with van der Waals surface area (Å²) in [7, 11) is 0. The summed E-state index contributed by atoms with van der Waals surface area (Å²) in [5, 5.41) is 30.2. The number of ether oxygens (including phenoxy) is 1. The number of benzene rings is 3. The fourth-order valence-corrected chi connectivity index (χ4v) is 4.03. The summed E-state index contributed by atoms with van der Waals surface area (Å²) in [4.78, 5) is 0. The Hall–Kier alpha value is -2.52. The highest BCUT2D eigenvalue weighted by molar-refractivity contribution is 6.59. The highest BCUT2D eigenvalue weighted by Gasteiger charge is 2.44. The van der Waals surface area contributed by atoms with Crippen LogP contribution in [0.25, 0.3) is 0 Å². The third kappa shape index (κ3) is 4.36. The zero-order valence-corrected chi connectivity index (χ0v) is 17.8. The lowest BCUT2D eigenvalue weighted by Crippen LogP contribution is -2.59. The van der Waals surface area contributed by atoms with Crippen molar-refractivity contribution in [2.75, 3.05) is 32.9 Å². The molecule has 0 atom stereocenters. The summed E-state index contributed by atoms with van der Waals surface area (Å²) >= 11 is 0. The molecule has 1 heterocycles. The quantitative estimate of drug-likeness (QED) is 0.372. The average molecular weight is 435 g/mol. The molecule has 3 N–H and O–H groups in total. The summed E-state index contributed by atoms with van der Waals surface area (Å²) in [6, 6.07) is 29.4. The van der Waals surface area contributed by atoms with E-state index in [9.17, 15) is 15.2 Å². The van der Waals surface area contributed by atoms with Gasteiger partial charge in [0.15, 0.2) is 0 Å². The molecule has 0 spiro atoms. The van der Waals surface area contributed by atoms with Crippen molar-refractivity contribution in [2.45, 2.75) is 5.60 Å². The normalized spacial score (nSPS) is 17.7. The molecule has 1 saturated heterocycles. The molecule has 1 fully saturated rings. The Morgan fingerprint density at radius 2 is 1.09 bits per heavy atom. The van der Waals surface area contributed by atoms with Gasteiger partial charge < -0.3 is 29.3 Å². The molecule has 3 aromatic carbocycles. The van der Waals surface area contributed by atoms with Crippen LogP contribution in [0.4, 0.5) is 0 Å². The summed E-state index contributed by atoms with van der Waals surface area (Å²) < 4.78 is 17.8. The zero-order valence-electron chi connectivity index (χ0n) is 17.8.